The van der Waals surface area contributed by atoms with Crippen molar-refractivity contribution in [1.29, 1.82) is 0 Å². The lowest BCUT2D eigenvalue weighted by Crippen LogP contribution is -2.61. The van der Waals surface area contributed by atoms with Crippen LogP contribution >= 0.6 is 0 Å². The Bertz CT molecular complexity index is 252. The lowest BCUT2D eigenvalue weighted by Gasteiger charge is -2.48. The zero-order chi connectivity index (χ0) is 15.6. The minimum atomic E-state index is 0.286. The molecular formula is C18H38N2. The fourth-order valence-corrected chi connectivity index (χ4v) is 3.53. The summed E-state index contributed by atoms with van der Waals surface area (Å²) in [6, 6.07) is 0.564. The van der Waals surface area contributed by atoms with E-state index in [0.717, 1.165) is 26.1 Å². The molecule has 0 aromatic heterocycles. The van der Waals surface area contributed by atoms with Gasteiger partial charge in [0.2, 0.25) is 0 Å². The van der Waals surface area contributed by atoms with Crippen molar-refractivity contribution in [2.75, 3.05) is 19.6 Å². The van der Waals surface area contributed by atoms with Crippen LogP contribution in [0, 0.1) is 0 Å². The monoisotopic (exact) mass is 282 g/mol. The highest BCUT2D eigenvalue weighted by atomic mass is 15.2. The number of rotatable bonds is 12. The second-order valence-electron chi connectivity index (χ2n) is 5.99. The summed E-state index contributed by atoms with van der Waals surface area (Å²) in [6.45, 7) is 21.1. The number of likely N-dealkylation sites (N-methyl/N-ethyl adjacent to an activating group) is 1. The first-order valence-corrected chi connectivity index (χ1v) is 8.64. The zero-order valence-electron chi connectivity index (χ0n) is 14.9. The largest absolute Gasteiger partial charge is 0.312 e. The number of hydrogen-bond acceptors (Lipinski definition) is 2. The summed E-state index contributed by atoms with van der Waals surface area (Å²) in [5.74, 6) is 0. The van der Waals surface area contributed by atoms with Crippen molar-refractivity contribution in [3.8, 4) is 0 Å². The van der Waals surface area contributed by atoms with Gasteiger partial charge in [-0.1, -0.05) is 40.2 Å². The molecule has 2 heteroatoms. The normalized spacial score (nSPS) is 13.8. The van der Waals surface area contributed by atoms with E-state index in [1.807, 2.05) is 0 Å². The van der Waals surface area contributed by atoms with Gasteiger partial charge in [-0.05, 0) is 58.7 Å². The Hall–Kier alpha value is -0.340. The Balaban J connectivity index is 5.19. The minimum Gasteiger partial charge on any atom is -0.312 e. The lowest BCUT2D eigenvalue weighted by molar-refractivity contribution is 0.0462. The van der Waals surface area contributed by atoms with Crippen molar-refractivity contribution >= 4 is 0 Å². The smallest absolute Gasteiger partial charge is 0.0357 e. The van der Waals surface area contributed by atoms with Gasteiger partial charge in [0, 0.05) is 11.6 Å². The van der Waals surface area contributed by atoms with E-state index in [9.17, 15) is 0 Å². The summed E-state index contributed by atoms with van der Waals surface area (Å²) in [5.41, 5.74) is 1.59. The van der Waals surface area contributed by atoms with Crippen molar-refractivity contribution in [3.05, 3.63) is 12.2 Å². The molecular weight excluding hydrogens is 244 g/mol. The standard InChI is InChI=1S/C18H38N2/c1-8-15-19-17(14-13-16(6)7)18(9-2,10-3)20(11-4)12-5/h17,19H,6,8-15H2,1-5,7H3. The third-order valence-electron chi connectivity index (χ3n) is 4.77. The molecule has 120 valence electrons. The van der Waals surface area contributed by atoms with Gasteiger partial charge in [0.1, 0.15) is 0 Å². The molecule has 0 fully saturated rings. The molecule has 1 N–H and O–H groups in total. The van der Waals surface area contributed by atoms with Gasteiger partial charge in [0.15, 0.2) is 0 Å². The number of nitrogens with zero attached hydrogens (tertiary/aromatic N) is 1. The summed E-state index contributed by atoms with van der Waals surface area (Å²) < 4.78 is 0. The van der Waals surface area contributed by atoms with Crippen LogP contribution in [0.5, 0.6) is 0 Å². The second-order valence-corrected chi connectivity index (χ2v) is 5.99. The van der Waals surface area contributed by atoms with E-state index in [1.54, 1.807) is 0 Å². The molecule has 0 aliphatic carbocycles. The van der Waals surface area contributed by atoms with Crippen LogP contribution in [-0.4, -0.2) is 36.1 Å². The highest BCUT2D eigenvalue weighted by Crippen LogP contribution is 2.31. The van der Waals surface area contributed by atoms with E-state index in [2.05, 4.69) is 58.3 Å². The van der Waals surface area contributed by atoms with Gasteiger partial charge in [0.25, 0.3) is 0 Å². The number of hydrogen-bond donors (Lipinski definition) is 1. The molecule has 0 heterocycles. The number of nitrogens with one attached hydrogen (secondary N) is 1. The van der Waals surface area contributed by atoms with E-state index >= 15 is 0 Å². The molecule has 0 saturated carbocycles. The van der Waals surface area contributed by atoms with E-state index < -0.39 is 0 Å². The van der Waals surface area contributed by atoms with Gasteiger partial charge >= 0.3 is 0 Å². The Morgan fingerprint density at radius 1 is 1.10 bits per heavy atom. The van der Waals surface area contributed by atoms with Crippen LogP contribution in [0.25, 0.3) is 0 Å². The molecule has 1 unspecified atom stereocenters. The first kappa shape index (κ1) is 19.7. The van der Waals surface area contributed by atoms with Gasteiger partial charge in [0.05, 0.1) is 0 Å². The summed E-state index contributed by atoms with van der Waals surface area (Å²) >= 11 is 0. The predicted octanol–water partition coefficient (Wildman–Crippen LogP) is 4.61. The van der Waals surface area contributed by atoms with Crippen LogP contribution in [-0.2, 0) is 0 Å². The van der Waals surface area contributed by atoms with Crippen LogP contribution in [0.15, 0.2) is 12.2 Å². The van der Waals surface area contributed by atoms with Crippen LogP contribution in [0.2, 0.25) is 0 Å². The Labute approximate surface area is 128 Å². The van der Waals surface area contributed by atoms with Crippen molar-refractivity contribution in [1.82, 2.24) is 10.2 Å². The fraction of sp³-hybridized carbons (Fsp3) is 0.889. The zero-order valence-corrected chi connectivity index (χ0v) is 14.9. The van der Waals surface area contributed by atoms with Crippen molar-refractivity contribution in [2.24, 2.45) is 0 Å². The third-order valence-corrected chi connectivity index (χ3v) is 4.77. The maximum absolute atomic E-state index is 4.08. The van der Waals surface area contributed by atoms with Crippen molar-refractivity contribution in [2.45, 2.75) is 85.2 Å². The quantitative estimate of drug-likeness (QED) is 0.526. The number of allylic oxidation sites excluding steroid dienone is 1. The molecule has 20 heavy (non-hydrogen) atoms. The van der Waals surface area contributed by atoms with Gasteiger partial charge in [-0.15, -0.1) is 6.58 Å². The Morgan fingerprint density at radius 3 is 2.00 bits per heavy atom. The maximum Gasteiger partial charge on any atom is 0.0357 e. The molecule has 0 rings (SSSR count). The maximum atomic E-state index is 4.08. The average Bonchev–Trinajstić information content (AvgIpc) is 2.45. The molecule has 0 aliphatic rings. The summed E-state index contributed by atoms with van der Waals surface area (Å²) in [4.78, 5) is 2.67. The Kier molecular flexibility index (Phi) is 10.2. The Morgan fingerprint density at radius 2 is 1.65 bits per heavy atom. The fourth-order valence-electron chi connectivity index (χ4n) is 3.53. The lowest BCUT2D eigenvalue weighted by atomic mass is 9.79. The summed E-state index contributed by atoms with van der Waals surface area (Å²) in [5, 5.41) is 3.83. The van der Waals surface area contributed by atoms with E-state index in [-0.39, 0.29) is 5.54 Å². The van der Waals surface area contributed by atoms with E-state index in [1.165, 1.54) is 31.3 Å². The topological polar surface area (TPSA) is 15.3 Å². The van der Waals surface area contributed by atoms with Gasteiger partial charge in [-0.3, -0.25) is 4.90 Å². The van der Waals surface area contributed by atoms with E-state index in [4.69, 9.17) is 0 Å². The minimum absolute atomic E-state index is 0.286. The van der Waals surface area contributed by atoms with Crippen LogP contribution in [0.3, 0.4) is 0 Å². The molecule has 1 atom stereocenters. The molecule has 0 amide bonds. The predicted molar refractivity (Wildman–Crippen MR) is 92.4 cm³/mol. The molecule has 0 aromatic rings. The SMILES string of the molecule is C=C(C)CCC(NCCC)C(CC)(CC)N(CC)CC. The molecule has 0 spiro atoms. The van der Waals surface area contributed by atoms with Crippen LogP contribution < -0.4 is 5.32 Å². The first-order chi connectivity index (χ1) is 9.52. The highest BCUT2D eigenvalue weighted by Gasteiger charge is 2.39. The van der Waals surface area contributed by atoms with Crippen molar-refractivity contribution in [3.63, 3.8) is 0 Å². The summed E-state index contributed by atoms with van der Waals surface area (Å²) in [6.07, 6.45) is 5.95. The molecule has 0 aromatic carbocycles. The van der Waals surface area contributed by atoms with Crippen LogP contribution in [0.1, 0.15) is 73.6 Å². The molecule has 2 nitrogen and oxygen atoms in total. The van der Waals surface area contributed by atoms with E-state index in [0.29, 0.717) is 6.04 Å². The second kappa shape index (κ2) is 10.4. The van der Waals surface area contributed by atoms with Crippen LogP contribution in [0.4, 0.5) is 0 Å². The van der Waals surface area contributed by atoms with Gasteiger partial charge < -0.3 is 5.32 Å². The summed E-state index contributed by atoms with van der Waals surface area (Å²) in [7, 11) is 0. The molecule has 0 saturated heterocycles. The molecule has 0 aliphatic heterocycles. The van der Waals surface area contributed by atoms with Crippen molar-refractivity contribution < 1.29 is 0 Å². The first-order valence-electron chi connectivity index (χ1n) is 8.64. The highest BCUT2D eigenvalue weighted by molar-refractivity contribution is 5.01. The molecule has 0 radical (unpaired) electrons. The third kappa shape index (κ3) is 5.21. The van der Waals surface area contributed by atoms with Gasteiger partial charge in [-0.25, -0.2) is 0 Å². The molecule has 0 bridgehead atoms. The average molecular weight is 283 g/mol. The van der Waals surface area contributed by atoms with Gasteiger partial charge in [-0.2, -0.15) is 0 Å².